The van der Waals surface area contributed by atoms with Gasteiger partial charge in [0, 0.05) is 49.9 Å². The highest BCUT2D eigenvalue weighted by atomic mass is 19.1. The molecule has 0 amide bonds. The molecular weight excluding hydrogens is 712 g/mol. The van der Waals surface area contributed by atoms with Crippen molar-refractivity contribution in [1.29, 1.82) is 0 Å². The second kappa shape index (κ2) is 13.8. The number of benzene rings is 9. The average molecular weight is 747 g/mol. The van der Waals surface area contributed by atoms with E-state index in [1.54, 1.807) is 6.07 Å². The van der Waals surface area contributed by atoms with Crippen molar-refractivity contribution in [3.63, 3.8) is 0 Å². The quantitative estimate of drug-likeness (QED) is 0.162. The normalized spacial score (nSPS) is 11.5. The van der Waals surface area contributed by atoms with E-state index in [9.17, 15) is 0 Å². The van der Waals surface area contributed by atoms with Crippen LogP contribution in [0.4, 0.5) is 21.5 Å². The molecule has 11 rings (SSSR count). The number of fused-ring (bicyclic) bond motifs is 6. The van der Waals surface area contributed by atoms with Crippen LogP contribution in [0.25, 0.3) is 82.8 Å². The maximum Gasteiger partial charge on any atom is 0.143 e. The molecule has 3 nitrogen and oxygen atoms in total. The summed E-state index contributed by atoms with van der Waals surface area (Å²) < 4.78 is 23.7. The maximum atomic E-state index is 15.1. The molecule has 9 aromatic carbocycles. The second-order valence-corrected chi connectivity index (χ2v) is 14.7. The van der Waals surface area contributed by atoms with E-state index in [-0.39, 0.29) is 5.82 Å². The topological polar surface area (TPSA) is 21.3 Å². The van der Waals surface area contributed by atoms with Gasteiger partial charge in [-0.1, -0.05) is 140 Å². The van der Waals surface area contributed by atoms with Crippen LogP contribution >= 0.6 is 0 Å². The first-order valence-electron chi connectivity index (χ1n) is 19.5. The first-order valence-corrected chi connectivity index (χ1v) is 19.5. The Balaban J connectivity index is 0.983. The van der Waals surface area contributed by atoms with Gasteiger partial charge in [-0.25, -0.2) is 4.39 Å². The van der Waals surface area contributed by atoms with Crippen molar-refractivity contribution in [1.82, 2.24) is 4.57 Å². The molecule has 0 unspecified atom stereocenters. The summed E-state index contributed by atoms with van der Waals surface area (Å²) in [5, 5.41) is 3.79. The first-order chi connectivity index (χ1) is 28.7. The molecule has 274 valence electrons. The monoisotopic (exact) mass is 746 g/mol. The molecule has 0 saturated carbocycles. The van der Waals surface area contributed by atoms with Crippen molar-refractivity contribution >= 4 is 60.8 Å². The van der Waals surface area contributed by atoms with Crippen LogP contribution in [0.2, 0.25) is 0 Å². The van der Waals surface area contributed by atoms with Gasteiger partial charge in [-0.2, -0.15) is 0 Å². The molecule has 0 spiro atoms. The molecule has 0 N–H and O–H groups in total. The van der Waals surface area contributed by atoms with Gasteiger partial charge in [-0.15, -0.1) is 0 Å². The van der Waals surface area contributed by atoms with Crippen LogP contribution < -0.4 is 4.90 Å². The Morgan fingerprint density at radius 2 is 0.966 bits per heavy atom. The summed E-state index contributed by atoms with van der Waals surface area (Å²) in [5.74, 6) is -0.210. The molecule has 2 aromatic heterocycles. The molecular formula is C54H35FN2O. The van der Waals surface area contributed by atoms with Crippen LogP contribution in [-0.2, 0) is 0 Å². The smallest absolute Gasteiger partial charge is 0.143 e. The Morgan fingerprint density at radius 3 is 1.76 bits per heavy atom. The molecule has 0 saturated heterocycles. The van der Waals surface area contributed by atoms with Crippen molar-refractivity contribution in [3.8, 4) is 39.1 Å². The lowest BCUT2D eigenvalue weighted by atomic mass is 10.0. The van der Waals surface area contributed by atoms with E-state index in [1.807, 2.05) is 42.5 Å². The minimum atomic E-state index is -0.210. The third kappa shape index (κ3) is 5.65. The van der Waals surface area contributed by atoms with Gasteiger partial charge in [0.05, 0.1) is 11.0 Å². The number of nitrogens with zero attached hydrogens (tertiary/aromatic N) is 2. The number of rotatable bonds is 7. The lowest BCUT2D eigenvalue weighted by Gasteiger charge is -2.26. The van der Waals surface area contributed by atoms with Gasteiger partial charge in [-0.05, 0) is 101 Å². The third-order valence-corrected chi connectivity index (χ3v) is 11.3. The van der Waals surface area contributed by atoms with Gasteiger partial charge < -0.3 is 13.9 Å². The summed E-state index contributed by atoms with van der Waals surface area (Å²) >= 11 is 0. The van der Waals surface area contributed by atoms with E-state index in [0.717, 1.165) is 83.4 Å². The van der Waals surface area contributed by atoms with Gasteiger partial charge in [0.15, 0.2) is 0 Å². The van der Waals surface area contributed by atoms with E-state index in [0.29, 0.717) is 5.39 Å². The molecule has 0 aliphatic rings. The predicted octanol–water partition coefficient (Wildman–Crippen LogP) is 15.3. The fraction of sp³-hybridized carbons (Fsp3) is 0. The molecule has 0 aliphatic carbocycles. The van der Waals surface area contributed by atoms with E-state index < -0.39 is 0 Å². The van der Waals surface area contributed by atoms with Crippen LogP contribution in [0, 0.1) is 5.82 Å². The predicted molar refractivity (Wildman–Crippen MR) is 239 cm³/mol. The fourth-order valence-electron chi connectivity index (χ4n) is 8.53. The van der Waals surface area contributed by atoms with Gasteiger partial charge in [0.1, 0.15) is 17.0 Å². The van der Waals surface area contributed by atoms with Crippen LogP contribution in [0.3, 0.4) is 0 Å². The van der Waals surface area contributed by atoms with Gasteiger partial charge in [0.2, 0.25) is 0 Å². The van der Waals surface area contributed by atoms with Crippen molar-refractivity contribution in [2.75, 3.05) is 4.90 Å². The zero-order valence-corrected chi connectivity index (χ0v) is 31.4. The molecule has 0 aliphatic heterocycles. The number of anilines is 3. The maximum absolute atomic E-state index is 15.1. The second-order valence-electron chi connectivity index (χ2n) is 14.7. The zero-order valence-electron chi connectivity index (χ0n) is 31.4. The summed E-state index contributed by atoms with van der Waals surface area (Å²) in [6.07, 6.45) is 0. The summed E-state index contributed by atoms with van der Waals surface area (Å²) in [6, 6.07) is 73.2. The van der Waals surface area contributed by atoms with E-state index in [2.05, 4.69) is 167 Å². The number of furan rings is 1. The number of halogens is 1. The molecule has 4 heteroatoms. The van der Waals surface area contributed by atoms with E-state index in [4.69, 9.17) is 4.42 Å². The minimum Gasteiger partial charge on any atom is -0.455 e. The number of aromatic nitrogens is 1. The van der Waals surface area contributed by atoms with Gasteiger partial charge in [0.25, 0.3) is 0 Å². The standard InChI is InChI=1S/C54H35FN2O/c55-49-19-10-21-51-53(49)48-16-4-6-20-50(48)57(51)43-31-25-38(26-32-43)40-13-8-14-44(35-40)56(41-29-23-37(24-30-41)36-11-2-1-3-12-36)42-33-27-39(28-34-42)45-17-9-18-47-46-15-5-7-22-52(46)58-54(45)47/h1-35H. The molecule has 0 radical (unpaired) electrons. The third-order valence-electron chi connectivity index (χ3n) is 11.3. The molecule has 11 aromatic rings. The lowest BCUT2D eigenvalue weighted by Crippen LogP contribution is -2.10. The largest absolute Gasteiger partial charge is 0.455 e. The molecule has 58 heavy (non-hydrogen) atoms. The Morgan fingerprint density at radius 1 is 0.397 bits per heavy atom. The van der Waals surface area contributed by atoms with Crippen molar-refractivity contribution in [2.24, 2.45) is 0 Å². The highest BCUT2D eigenvalue weighted by Crippen LogP contribution is 2.41. The van der Waals surface area contributed by atoms with Gasteiger partial charge >= 0.3 is 0 Å². The lowest BCUT2D eigenvalue weighted by molar-refractivity contribution is 0.640. The number of para-hydroxylation sites is 3. The van der Waals surface area contributed by atoms with Crippen LogP contribution in [0.1, 0.15) is 0 Å². The molecule has 0 atom stereocenters. The minimum absolute atomic E-state index is 0.210. The fourth-order valence-corrected chi connectivity index (χ4v) is 8.53. The highest BCUT2D eigenvalue weighted by Gasteiger charge is 2.18. The highest BCUT2D eigenvalue weighted by molar-refractivity contribution is 6.10. The van der Waals surface area contributed by atoms with Crippen LogP contribution in [-0.4, -0.2) is 4.57 Å². The van der Waals surface area contributed by atoms with Crippen molar-refractivity contribution in [2.45, 2.75) is 0 Å². The molecule has 0 bridgehead atoms. The average Bonchev–Trinajstić information content (AvgIpc) is 3.84. The molecule has 2 heterocycles. The number of hydrogen-bond acceptors (Lipinski definition) is 2. The Kier molecular flexibility index (Phi) is 8.00. The van der Waals surface area contributed by atoms with Crippen molar-refractivity contribution in [3.05, 3.63) is 218 Å². The summed E-state index contributed by atoms with van der Waals surface area (Å²) in [7, 11) is 0. The SMILES string of the molecule is Fc1cccc2c1c1ccccc1n2-c1ccc(-c2cccc(N(c3ccc(-c4ccccc4)cc3)c3ccc(-c4cccc5c4oc4ccccc45)cc3)c2)cc1. The first kappa shape index (κ1) is 33.6. The zero-order chi connectivity index (χ0) is 38.6. The van der Waals surface area contributed by atoms with Crippen LogP contribution in [0.15, 0.2) is 217 Å². The Hall–Kier alpha value is -7.69. The summed E-state index contributed by atoms with van der Waals surface area (Å²) in [5.41, 5.74) is 14.4. The Bertz CT molecular complexity index is 3270. The molecule has 0 fully saturated rings. The summed E-state index contributed by atoms with van der Waals surface area (Å²) in [6.45, 7) is 0. The van der Waals surface area contributed by atoms with Crippen molar-refractivity contribution < 1.29 is 8.81 Å². The number of hydrogen-bond donors (Lipinski definition) is 0. The Labute approximate surface area is 335 Å². The van der Waals surface area contributed by atoms with E-state index in [1.165, 1.54) is 17.2 Å². The summed E-state index contributed by atoms with van der Waals surface area (Å²) in [4.78, 5) is 2.31. The van der Waals surface area contributed by atoms with E-state index >= 15 is 4.39 Å². The van der Waals surface area contributed by atoms with Crippen LogP contribution in [0.5, 0.6) is 0 Å². The van der Waals surface area contributed by atoms with Gasteiger partial charge in [-0.3, -0.25) is 0 Å².